The van der Waals surface area contributed by atoms with Crippen molar-refractivity contribution in [1.29, 1.82) is 0 Å². The summed E-state index contributed by atoms with van der Waals surface area (Å²) in [4.78, 5) is 33.1. The van der Waals surface area contributed by atoms with Gasteiger partial charge in [-0.05, 0) is 32.3 Å². The Bertz CT molecular complexity index is 1020. The van der Waals surface area contributed by atoms with Crippen LogP contribution in [0.5, 0.6) is 0 Å². The SMILES string of the molecule is CSC(=S)OC[C@@H]1OC(C)(C)O[C@@H]1c1cnc2c(=O)n(C)c(=O)n(C)c2n1. The van der Waals surface area contributed by atoms with Gasteiger partial charge in [0.25, 0.3) is 5.56 Å². The first kappa shape index (κ1) is 19.9. The molecule has 27 heavy (non-hydrogen) atoms. The highest BCUT2D eigenvalue weighted by Gasteiger charge is 2.43. The van der Waals surface area contributed by atoms with Gasteiger partial charge in [0, 0.05) is 14.1 Å². The zero-order valence-corrected chi connectivity index (χ0v) is 17.2. The molecule has 0 amide bonds. The Balaban J connectivity index is 2.03. The molecule has 1 saturated heterocycles. The number of ether oxygens (including phenoxy) is 3. The zero-order chi connectivity index (χ0) is 19.9. The number of aromatic nitrogens is 4. The average Bonchev–Trinajstić information content (AvgIpc) is 2.96. The van der Waals surface area contributed by atoms with Crippen molar-refractivity contribution in [3.8, 4) is 0 Å². The molecular weight excluding hydrogens is 392 g/mol. The Labute approximate surface area is 164 Å². The van der Waals surface area contributed by atoms with Gasteiger partial charge in [-0.25, -0.2) is 14.8 Å². The van der Waals surface area contributed by atoms with Crippen LogP contribution in [-0.4, -0.2) is 48.2 Å². The Hall–Kier alpha value is -1.82. The third kappa shape index (κ3) is 3.77. The van der Waals surface area contributed by atoms with Crippen molar-refractivity contribution >= 4 is 39.5 Å². The maximum absolute atomic E-state index is 12.3. The molecule has 0 N–H and O–H groups in total. The summed E-state index contributed by atoms with van der Waals surface area (Å²) < 4.78 is 20.1. The predicted octanol–water partition coefficient (Wildman–Crippen LogP) is 0.884. The predicted molar refractivity (Wildman–Crippen MR) is 105 cm³/mol. The van der Waals surface area contributed by atoms with Gasteiger partial charge in [0.15, 0.2) is 17.0 Å². The molecule has 1 fully saturated rings. The van der Waals surface area contributed by atoms with Crippen LogP contribution >= 0.6 is 24.0 Å². The van der Waals surface area contributed by atoms with Gasteiger partial charge in [0.1, 0.15) is 18.8 Å². The van der Waals surface area contributed by atoms with E-state index in [9.17, 15) is 9.59 Å². The number of thioether (sulfide) groups is 1. The molecule has 146 valence electrons. The smallest absolute Gasteiger partial charge is 0.332 e. The van der Waals surface area contributed by atoms with Gasteiger partial charge >= 0.3 is 5.69 Å². The number of fused-ring (bicyclic) bond motifs is 1. The number of hydrogen-bond acceptors (Lipinski definition) is 9. The molecule has 3 heterocycles. The number of nitrogens with zero attached hydrogens (tertiary/aromatic N) is 4. The van der Waals surface area contributed by atoms with E-state index in [0.717, 1.165) is 4.57 Å². The maximum atomic E-state index is 12.3. The van der Waals surface area contributed by atoms with Crippen LogP contribution < -0.4 is 11.2 Å². The first-order valence-corrected chi connectivity index (χ1v) is 9.77. The minimum atomic E-state index is -0.852. The lowest BCUT2D eigenvalue weighted by Gasteiger charge is -2.17. The molecule has 0 unspecified atom stereocenters. The summed E-state index contributed by atoms with van der Waals surface area (Å²) >= 11 is 6.39. The molecule has 11 heteroatoms. The fourth-order valence-corrected chi connectivity index (χ4v) is 3.15. The fourth-order valence-electron chi connectivity index (χ4n) is 2.89. The molecule has 2 aromatic rings. The van der Waals surface area contributed by atoms with Crippen molar-refractivity contribution in [3.63, 3.8) is 0 Å². The summed E-state index contributed by atoms with van der Waals surface area (Å²) in [5, 5.41) is 0. The quantitative estimate of drug-likeness (QED) is 0.681. The molecule has 0 spiro atoms. The molecule has 3 rings (SSSR count). The second-order valence-corrected chi connectivity index (χ2v) is 7.94. The van der Waals surface area contributed by atoms with Gasteiger partial charge in [-0.3, -0.25) is 13.9 Å². The lowest BCUT2D eigenvalue weighted by atomic mass is 10.1. The fraction of sp³-hybridized carbons (Fsp3) is 0.562. The van der Waals surface area contributed by atoms with E-state index in [-0.39, 0.29) is 17.8 Å². The highest BCUT2D eigenvalue weighted by Crippen LogP contribution is 2.37. The molecule has 1 aliphatic rings. The van der Waals surface area contributed by atoms with Crippen molar-refractivity contribution in [2.45, 2.75) is 31.8 Å². The zero-order valence-electron chi connectivity index (χ0n) is 15.6. The standard InChI is InChI=1S/C16H20N4O5S2/c1-16(2)24-9(7-23-15(26)27-5)11(25-16)8-6-17-10-12(18-8)19(3)14(22)20(4)13(10)21/h6,9,11H,7H2,1-5H3/t9-,11+/m0/s1. The molecule has 0 saturated carbocycles. The Morgan fingerprint density at radius 3 is 2.70 bits per heavy atom. The molecule has 0 aromatic carbocycles. The summed E-state index contributed by atoms with van der Waals surface area (Å²) in [5.74, 6) is -0.852. The number of thiocarbonyl (C=S) groups is 1. The largest absolute Gasteiger partial charge is 0.476 e. The van der Waals surface area contributed by atoms with Crippen molar-refractivity contribution in [2.24, 2.45) is 14.1 Å². The molecule has 0 radical (unpaired) electrons. The molecule has 0 aliphatic carbocycles. The summed E-state index contributed by atoms with van der Waals surface area (Å²) in [6.07, 6.45) is 2.23. The highest BCUT2D eigenvalue weighted by atomic mass is 32.2. The van der Waals surface area contributed by atoms with E-state index in [4.69, 9.17) is 26.4 Å². The van der Waals surface area contributed by atoms with Gasteiger partial charge in [-0.15, -0.1) is 0 Å². The van der Waals surface area contributed by atoms with Gasteiger partial charge in [-0.2, -0.15) is 0 Å². The van der Waals surface area contributed by atoms with Crippen LogP contribution in [0, 0.1) is 0 Å². The van der Waals surface area contributed by atoms with Crippen LogP contribution in [0.1, 0.15) is 25.6 Å². The van der Waals surface area contributed by atoms with E-state index in [1.165, 1.54) is 36.6 Å². The lowest BCUT2D eigenvalue weighted by Crippen LogP contribution is -2.38. The minimum absolute atomic E-state index is 0.109. The van der Waals surface area contributed by atoms with E-state index in [2.05, 4.69) is 9.97 Å². The van der Waals surface area contributed by atoms with Crippen LogP contribution in [0.2, 0.25) is 0 Å². The van der Waals surface area contributed by atoms with Crippen LogP contribution in [0.4, 0.5) is 0 Å². The van der Waals surface area contributed by atoms with Gasteiger partial charge in [-0.1, -0.05) is 11.8 Å². The third-order valence-corrected chi connectivity index (χ3v) is 5.25. The number of hydrogen-bond donors (Lipinski definition) is 0. The van der Waals surface area contributed by atoms with Crippen LogP contribution in [-0.2, 0) is 28.3 Å². The molecular formula is C16H20N4O5S2. The van der Waals surface area contributed by atoms with Gasteiger partial charge < -0.3 is 14.2 Å². The van der Waals surface area contributed by atoms with Crippen LogP contribution in [0.3, 0.4) is 0 Å². The van der Waals surface area contributed by atoms with Crippen molar-refractivity contribution in [3.05, 3.63) is 32.7 Å². The Morgan fingerprint density at radius 2 is 2.04 bits per heavy atom. The molecule has 9 nitrogen and oxygen atoms in total. The number of aryl methyl sites for hydroxylation is 1. The monoisotopic (exact) mass is 412 g/mol. The second-order valence-electron chi connectivity index (χ2n) is 6.53. The van der Waals surface area contributed by atoms with Crippen LogP contribution in [0.15, 0.2) is 15.8 Å². The Kier molecular flexibility index (Phi) is 5.39. The number of rotatable bonds is 3. The average molecular weight is 412 g/mol. The molecule has 2 aromatic heterocycles. The van der Waals surface area contributed by atoms with Gasteiger partial charge in [0.2, 0.25) is 4.38 Å². The van der Waals surface area contributed by atoms with E-state index >= 15 is 0 Å². The maximum Gasteiger partial charge on any atom is 0.332 e. The molecule has 2 atom stereocenters. The van der Waals surface area contributed by atoms with Crippen molar-refractivity contribution < 1.29 is 14.2 Å². The minimum Gasteiger partial charge on any atom is -0.476 e. The van der Waals surface area contributed by atoms with E-state index in [1.54, 1.807) is 13.8 Å². The van der Waals surface area contributed by atoms with Crippen molar-refractivity contribution in [2.75, 3.05) is 12.9 Å². The summed E-state index contributed by atoms with van der Waals surface area (Å²) in [7, 11) is 2.94. The van der Waals surface area contributed by atoms with E-state index in [1.807, 2.05) is 6.26 Å². The third-order valence-electron chi connectivity index (χ3n) is 4.18. The van der Waals surface area contributed by atoms with Crippen molar-refractivity contribution in [1.82, 2.24) is 19.1 Å². The van der Waals surface area contributed by atoms with Gasteiger partial charge in [0.05, 0.1) is 11.9 Å². The molecule has 1 aliphatic heterocycles. The topological polar surface area (TPSA) is 97.5 Å². The van der Waals surface area contributed by atoms with E-state index in [0.29, 0.717) is 10.1 Å². The summed E-state index contributed by atoms with van der Waals surface area (Å²) in [5.41, 5.74) is -0.236. The first-order valence-electron chi connectivity index (χ1n) is 8.13. The lowest BCUT2D eigenvalue weighted by molar-refractivity contribution is -0.149. The Morgan fingerprint density at radius 1 is 1.33 bits per heavy atom. The summed E-state index contributed by atoms with van der Waals surface area (Å²) in [6, 6.07) is 0. The molecule has 0 bridgehead atoms. The highest BCUT2D eigenvalue weighted by molar-refractivity contribution is 8.22. The normalized spacial score (nSPS) is 21.5. The van der Waals surface area contributed by atoms with Crippen LogP contribution in [0.25, 0.3) is 11.2 Å². The summed E-state index contributed by atoms with van der Waals surface area (Å²) in [6.45, 7) is 3.75. The first-order chi connectivity index (χ1) is 12.6. The second kappa shape index (κ2) is 7.30. The van der Waals surface area contributed by atoms with E-state index < -0.39 is 29.2 Å².